The van der Waals surface area contributed by atoms with Crippen LogP contribution in [0.25, 0.3) is 0 Å². The first-order valence-corrected chi connectivity index (χ1v) is 11.2. The number of carbonyl (C=O) groups excluding carboxylic acids is 1. The number of urea groups is 1. The molecule has 10 heteroatoms. The molecule has 2 N–H and O–H groups in total. The van der Waals surface area contributed by atoms with Crippen molar-refractivity contribution in [2.75, 3.05) is 23.7 Å². The van der Waals surface area contributed by atoms with Crippen LogP contribution in [-0.4, -0.2) is 31.8 Å². The summed E-state index contributed by atoms with van der Waals surface area (Å²) in [6.07, 6.45) is 2.70. The van der Waals surface area contributed by atoms with Crippen LogP contribution in [0, 0.1) is 0 Å². The smallest absolute Gasteiger partial charge is 0.308 e. The van der Waals surface area contributed by atoms with Gasteiger partial charge in [0, 0.05) is 18.8 Å². The summed E-state index contributed by atoms with van der Waals surface area (Å²) in [4.78, 5) is 12.4. The van der Waals surface area contributed by atoms with Gasteiger partial charge in [-0.25, -0.2) is 13.2 Å². The Balaban J connectivity index is 1.77. The fourth-order valence-electron chi connectivity index (χ4n) is 2.87. The van der Waals surface area contributed by atoms with Crippen molar-refractivity contribution in [1.29, 1.82) is 0 Å². The first-order valence-electron chi connectivity index (χ1n) is 8.60. The van der Waals surface area contributed by atoms with Gasteiger partial charge in [0.2, 0.25) is 10.0 Å². The number of carbonyl (C=O) groups is 1. The molecule has 0 radical (unpaired) electrons. The number of piperidine rings is 1. The molecule has 0 atom stereocenters. The van der Waals surface area contributed by atoms with E-state index in [1.807, 2.05) is 0 Å². The second-order valence-corrected chi connectivity index (χ2v) is 9.47. The van der Waals surface area contributed by atoms with Crippen molar-refractivity contribution < 1.29 is 13.2 Å². The van der Waals surface area contributed by atoms with Gasteiger partial charge in [-0.1, -0.05) is 41.2 Å². The maximum Gasteiger partial charge on any atom is 0.323 e. The number of rotatable bonds is 4. The summed E-state index contributed by atoms with van der Waals surface area (Å²) >= 11 is 17.9. The minimum absolute atomic E-state index is 0.0867. The third-order valence-corrected chi connectivity index (χ3v) is 7.28. The molecule has 1 saturated heterocycles. The molecule has 0 spiro atoms. The highest BCUT2D eigenvalue weighted by Gasteiger charge is 2.26. The zero-order chi connectivity index (χ0) is 20.3. The number of hydrogen-bond donors (Lipinski definition) is 2. The van der Waals surface area contributed by atoms with Gasteiger partial charge in [0.15, 0.2) is 0 Å². The van der Waals surface area contributed by atoms with E-state index < -0.39 is 16.1 Å². The van der Waals surface area contributed by atoms with E-state index in [0.29, 0.717) is 28.8 Å². The molecule has 3 rings (SSSR count). The molecule has 2 aromatic carbocycles. The maximum absolute atomic E-state index is 12.8. The Hall–Kier alpha value is -1.51. The normalized spacial score (nSPS) is 15.2. The van der Waals surface area contributed by atoms with Gasteiger partial charge in [0.05, 0.1) is 25.7 Å². The number of benzene rings is 2. The summed E-state index contributed by atoms with van der Waals surface area (Å²) in [5.74, 6) is 0. The molecule has 0 aliphatic carbocycles. The number of hydrogen-bond acceptors (Lipinski definition) is 3. The first-order chi connectivity index (χ1) is 13.3. The molecule has 6 nitrogen and oxygen atoms in total. The van der Waals surface area contributed by atoms with Crippen molar-refractivity contribution in [1.82, 2.24) is 4.31 Å². The minimum atomic E-state index is -3.64. The third-order valence-electron chi connectivity index (χ3n) is 4.32. The zero-order valence-electron chi connectivity index (χ0n) is 14.7. The van der Waals surface area contributed by atoms with Crippen LogP contribution < -0.4 is 10.6 Å². The summed E-state index contributed by atoms with van der Waals surface area (Å²) in [5, 5.41) is 6.05. The van der Waals surface area contributed by atoms with E-state index in [1.54, 1.807) is 12.1 Å². The molecular formula is C18H18Cl3N3O3S. The Morgan fingerprint density at radius 1 is 0.857 bits per heavy atom. The Kier molecular flexibility index (Phi) is 6.73. The van der Waals surface area contributed by atoms with Crippen LogP contribution in [0.5, 0.6) is 0 Å². The van der Waals surface area contributed by atoms with Crippen molar-refractivity contribution in [2.24, 2.45) is 0 Å². The zero-order valence-corrected chi connectivity index (χ0v) is 17.8. The summed E-state index contributed by atoms with van der Waals surface area (Å²) < 4.78 is 27.1. The molecule has 0 unspecified atom stereocenters. The van der Waals surface area contributed by atoms with Crippen LogP contribution in [0.3, 0.4) is 0 Å². The number of nitrogens with one attached hydrogen (secondary N) is 2. The lowest BCUT2D eigenvalue weighted by molar-refractivity contribution is 0.262. The van der Waals surface area contributed by atoms with Crippen LogP contribution >= 0.6 is 34.8 Å². The van der Waals surface area contributed by atoms with E-state index >= 15 is 0 Å². The van der Waals surface area contributed by atoms with Crippen LogP contribution in [0.2, 0.25) is 15.1 Å². The molecular weight excluding hydrogens is 445 g/mol. The quantitative estimate of drug-likeness (QED) is 0.633. The van der Waals surface area contributed by atoms with Crippen LogP contribution in [0.1, 0.15) is 19.3 Å². The summed E-state index contributed by atoms with van der Waals surface area (Å²) in [6, 6.07) is 8.31. The molecule has 1 aliphatic heterocycles. The van der Waals surface area contributed by atoms with Crippen LogP contribution in [-0.2, 0) is 10.0 Å². The molecule has 2 amide bonds. The standard InChI is InChI=1S/C18H18Cl3N3O3S/c19-14-6-4-12(10-16(14)21)22-18(25)23-17-11-13(5-7-15(17)20)28(26,27)24-8-2-1-3-9-24/h4-7,10-11H,1-3,8-9H2,(H2,22,23,25). The average molecular weight is 463 g/mol. The van der Waals surface area contributed by atoms with Gasteiger partial charge in [-0.2, -0.15) is 4.31 Å². The predicted octanol–water partition coefficient (Wildman–Crippen LogP) is 5.47. The van der Waals surface area contributed by atoms with E-state index in [9.17, 15) is 13.2 Å². The van der Waals surface area contributed by atoms with Crippen molar-refractivity contribution in [3.63, 3.8) is 0 Å². The summed E-state index contributed by atoms with van der Waals surface area (Å²) in [7, 11) is -3.64. The van der Waals surface area contributed by atoms with Crippen molar-refractivity contribution in [3.8, 4) is 0 Å². The van der Waals surface area contributed by atoms with E-state index in [2.05, 4.69) is 10.6 Å². The lowest BCUT2D eigenvalue weighted by Crippen LogP contribution is -2.35. The molecule has 28 heavy (non-hydrogen) atoms. The first kappa shape index (κ1) is 21.2. The number of nitrogens with zero attached hydrogens (tertiary/aromatic N) is 1. The highest BCUT2D eigenvalue weighted by Crippen LogP contribution is 2.29. The van der Waals surface area contributed by atoms with Crippen molar-refractivity contribution in [2.45, 2.75) is 24.2 Å². The van der Waals surface area contributed by atoms with Gasteiger partial charge < -0.3 is 10.6 Å². The minimum Gasteiger partial charge on any atom is -0.308 e. The second kappa shape index (κ2) is 8.88. The molecule has 1 aliphatic rings. The van der Waals surface area contributed by atoms with Gasteiger partial charge in [-0.3, -0.25) is 0 Å². The highest BCUT2D eigenvalue weighted by molar-refractivity contribution is 7.89. The van der Waals surface area contributed by atoms with E-state index in [1.165, 1.54) is 28.6 Å². The lowest BCUT2D eigenvalue weighted by Gasteiger charge is -2.26. The number of amides is 2. The molecule has 1 heterocycles. The second-order valence-electron chi connectivity index (χ2n) is 6.31. The molecule has 0 aromatic heterocycles. The van der Waals surface area contributed by atoms with Crippen molar-refractivity contribution in [3.05, 3.63) is 51.5 Å². The SMILES string of the molecule is O=C(Nc1ccc(Cl)c(Cl)c1)Nc1cc(S(=O)(=O)N2CCCCC2)ccc1Cl. The van der Waals surface area contributed by atoms with Crippen LogP contribution in [0.15, 0.2) is 41.3 Å². The Bertz CT molecular complexity index is 993. The Labute approximate surface area is 178 Å². The van der Waals surface area contributed by atoms with E-state index in [4.69, 9.17) is 34.8 Å². The van der Waals surface area contributed by atoms with E-state index in [-0.39, 0.29) is 15.6 Å². The fraction of sp³-hybridized carbons (Fsp3) is 0.278. The van der Waals surface area contributed by atoms with Gasteiger partial charge in [-0.15, -0.1) is 0 Å². The molecule has 1 fully saturated rings. The molecule has 150 valence electrons. The summed E-state index contributed by atoms with van der Waals surface area (Å²) in [6.45, 7) is 0.983. The molecule has 2 aromatic rings. The van der Waals surface area contributed by atoms with Gasteiger partial charge in [0.1, 0.15) is 0 Å². The number of sulfonamides is 1. The average Bonchev–Trinajstić information content (AvgIpc) is 2.67. The maximum atomic E-state index is 12.8. The van der Waals surface area contributed by atoms with Gasteiger partial charge in [0.25, 0.3) is 0 Å². The van der Waals surface area contributed by atoms with E-state index in [0.717, 1.165) is 19.3 Å². The van der Waals surface area contributed by atoms with Gasteiger partial charge in [-0.05, 0) is 49.2 Å². The summed E-state index contributed by atoms with van der Waals surface area (Å²) in [5.41, 5.74) is 0.623. The largest absolute Gasteiger partial charge is 0.323 e. The fourth-order valence-corrected chi connectivity index (χ4v) is 4.88. The Morgan fingerprint density at radius 3 is 2.21 bits per heavy atom. The lowest BCUT2D eigenvalue weighted by atomic mass is 10.2. The Morgan fingerprint density at radius 2 is 1.54 bits per heavy atom. The topological polar surface area (TPSA) is 78.5 Å². The predicted molar refractivity (Wildman–Crippen MR) is 113 cm³/mol. The van der Waals surface area contributed by atoms with Gasteiger partial charge >= 0.3 is 6.03 Å². The highest BCUT2D eigenvalue weighted by atomic mass is 35.5. The molecule has 0 bridgehead atoms. The molecule has 0 saturated carbocycles. The van der Waals surface area contributed by atoms with Crippen molar-refractivity contribution >= 4 is 62.2 Å². The monoisotopic (exact) mass is 461 g/mol. The third kappa shape index (κ3) is 4.90. The number of anilines is 2. The number of halogens is 3. The van der Waals surface area contributed by atoms with Crippen LogP contribution in [0.4, 0.5) is 16.2 Å².